The molecule has 0 aliphatic carbocycles. The van der Waals surface area contributed by atoms with Gasteiger partial charge in [-0.25, -0.2) is 0 Å². The van der Waals surface area contributed by atoms with E-state index < -0.39 is 0 Å². The largest absolute Gasteiger partial charge is 0.391 e. The molecule has 8 heavy (non-hydrogen) atoms. The number of hydrogen-bond donors (Lipinski definition) is 1. The fourth-order valence-corrected chi connectivity index (χ4v) is 0.632. The van der Waals surface area contributed by atoms with Gasteiger partial charge in [-0.15, -0.1) is 0 Å². The SMILES string of the molecule is C=C(NC)C(Br)CC. The molecule has 0 aliphatic heterocycles. The third kappa shape index (κ3) is 2.36. The summed E-state index contributed by atoms with van der Waals surface area (Å²) in [4.78, 5) is 0.424. The molecule has 0 heterocycles. The fraction of sp³-hybridized carbons (Fsp3) is 0.667. The summed E-state index contributed by atoms with van der Waals surface area (Å²) in [7, 11) is 1.88. The first kappa shape index (κ1) is 8.02. The van der Waals surface area contributed by atoms with Crippen LogP contribution in [-0.4, -0.2) is 11.9 Å². The van der Waals surface area contributed by atoms with Crippen LogP contribution in [0.2, 0.25) is 0 Å². The van der Waals surface area contributed by atoms with Gasteiger partial charge in [-0.05, 0) is 6.42 Å². The standard InChI is InChI=1S/C6H12BrN/c1-4-6(7)5(2)8-3/h6,8H,2,4H2,1,3H3. The first-order chi connectivity index (χ1) is 3.72. The molecule has 48 valence electrons. The van der Waals surface area contributed by atoms with Gasteiger partial charge in [0.25, 0.3) is 0 Å². The molecule has 0 rings (SSSR count). The van der Waals surface area contributed by atoms with Crippen molar-refractivity contribution in [2.45, 2.75) is 18.2 Å². The van der Waals surface area contributed by atoms with E-state index in [9.17, 15) is 0 Å². The molecule has 2 heteroatoms. The van der Waals surface area contributed by atoms with Crippen molar-refractivity contribution in [1.29, 1.82) is 0 Å². The van der Waals surface area contributed by atoms with Crippen LogP contribution < -0.4 is 5.32 Å². The normalized spacial score (nSPS) is 12.9. The van der Waals surface area contributed by atoms with Crippen LogP contribution >= 0.6 is 15.9 Å². The van der Waals surface area contributed by atoms with Crippen molar-refractivity contribution < 1.29 is 0 Å². The summed E-state index contributed by atoms with van der Waals surface area (Å²) in [6, 6.07) is 0. The van der Waals surface area contributed by atoms with E-state index in [0.29, 0.717) is 4.83 Å². The highest BCUT2D eigenvalue weighted by atomic mass is 79.9. The van der Waals surface area contributed by atoms with E-state index in [-0.39, 0.29) is 0 Å². The molecule has 1 N–H and O–H groups in total. The van der Waals surface area contributed by atoms with E-state index in [0.717, 1.165) is 12.1 Å². The van der Waals surface area contributed by atoms with Gasteiger partial charge in [0.05, 0.1) is 4.83 Å². The van der Waals surface area contributed by atoms with Gasteiger partial charge in [0.1, 0.15) is 0 Å². The maximum atomic E-state index is 3.79. The van der Waals surface area contributed by atoms with Gasteiger partial charge in [-0.3, -0.25) is 0 Å². The minimum atomic E-state index is 0.424. The Morgan fingerprint density at radius 2 is 2.38 bits per heavy atom. The maximum absolute atomic E-state index is 3.79. The Balaban J connectivity index is 3.46. The molecule has 1 nitrogen and oxygen atoms in total. The molecule has 1 atom stereocenters. The molecule has 0 amide bonds. The van der Waals surface area contributed by atoms with Gasteiger partial charge in [0.15, 0.2) is 0 Å². The van der Waals surface area contributed by atoms with Crippen molar-refractivity contribution in [2.75, 3.05) is 7.05 Å². The van der Waals surface area contributed by atoms with Gasteiger partial charge in [-0.1, -0.05) is 29.4 Å². The summed E-state index contributed by atoms with van der Waals surface area (Å²) in [5, 5.41) is 2.97. The predicted octanol–water partition coefficient (Wildman–Crippen LogP) is 1.89. The van der Waals surface area contributed by atoms with Crippen molar-refractivity contribution in [3.63, 3.8) is 0 Å². The smallest absolute Gasteiger partial charge is 0.0533 e. The molecule has 0 aromatic heterocycles. The van der Waals surface area contributed by atoms with Crippen LogP contribution in [0.3, 0.4) is 0 Å². The first-order valence-corrected chi connectivity index (χ1v) is 3.64. The summed E-state index contributed by atoms with van der Waals surface area (Å²) in [5.41, 5.74) is 1.05. The molecular formula is C6H12BrN. The zero-order chi connectivity index (χ0) is 6.57. The number of hydrogen-bond acceptors (Lipinski definition) is 1. The molecule has 0 aliphatic rings. The van der Waals surface area contributed by atoms with Crippen LogP contribution in [0.5, 0.6) is 0 Å². The summed E-state index contributed by atoms with van der Waals surface area (Å²) in [5.74, 6) is 0. The molecule has 0 spiro atoms. The number of alkyl halides is 1. The molecular weight excluding hydrogens is 166 g/mol. The van der Waals surface area contributed by atoms with Crippen LogP contribution in [0.25, 0.3) is 0 Å². The molecule has 0 saturated heterocycles. The van der Waals surface area contributed by atoms with Crippen molar-refractivity contribution in [3.8, 4) is 0 Å². The zero-order valence-corrected chi connectivity index (χ0v) is 6.96. The summed E-state index contributed by atoms with van der Waals surface area (Å²) in [6.07, 6.45) is 1.08. The van der Waals surface area contributed by atoms with Gasteiger partial charge in [0, 0.05) is 12.7 Å². The molecule has 0 aromatic carbocycles. The lowest BCUT2D eigenvalue weighted by molar-refractivity contribution is 0.847. The van der Waals surface area contributed by atoms with Crippen molar-refractivity contribution in [3.05, 3.63) is 12.3 Å². The third-order valence-electron chi connectivity index (χ3n) is 1.06. The minimum Gasteiger partial charge on any atom is -0.391 e. The number of allylic oxidation sites excluding steroid dienone is 1. The van der Waals surface area contributed by atoms with Crippen molar-refractivity contribution in [1.82, 2.24) is 5.32 Å². The van der Waals surface area contributed by atoms with Gasteiger partial charge >= 0.3 is 0 Å². The Morgan fingerprint density at radius 1 is 1.88 bits per heavy atom. The average Bonchev–Trinajstić information content (AvgIpc) is 1.84. The molecule has 1 unspecified atom stereocenters. The minimum absolute atomic E-state index is 0.424. The van der Waals surface area contributed by atoms with E-state index >= 15 is 0 Å². The van der Waals surface area contributed by atoms with Gasteiger partial charge in [0.2, 0.25) is 0 Å². The number of rotatable bonds is 3. The average molecular weight is 178 g/mol. The van der Waals surface area contributed by atoms with Crippen LogP contribution in [0, 0.1) is 0 Å². The summed E-state index contributed by atoms with van der Waals surface area (Å²) >= 11 is 3.44. The highest BCUT2D eigenvalue weighted by Gasteiger charge is 2.00. The topological polar surface area (TPSA) is 12.0 Å². The monoisotopic (exact) mass is 177 g/mol. The van der Waals surface area contributed by atoms with E-state index in [1.165, 1.54) is 0 Å². The Labute approximate surface area is 59.3 Å². The lowest BCUT2D eigenvalue weighted by atomic mass is 10.3. The predicted molar refractivity (Wildman–Crippen MR) is 41.2 cm³/mol. The van der Waals surface area contributed by atoms with Crippen LogP contribution in [0.15, 0.2) is 12.3 Å². The van der Waals surface area contributed by atoms with Gasteiger partial charge in [-0.2, -0.15) is 0 Å². The molecule has 0 aromatic rings. The van der Waals surface area contributed by atoms with E-state index in [4.69, 9.17) is 0 Å². The molecule has 0 radical (unpaired) electrons. The fourth-order valence-electron chi connectivity index (χ4n) is 0.403. The number of halogens is 1. The van der Waals surface area contributed by atoms with Gasteiger partial charge < -0.3 is 5.32 Å². The van der Waals surface area contributed by atoms with E-state index in [2.05, 4.69) is 34.7 Å². The van der Waals surface area contributed by atoms with Crippen LogP contribution in [0.1, 0.15) is 13.3 Å². The lowest BCUT2D eigenvalue weighted by Gasteiger charge is -2.08. The third-order valence-corrected chi connectivity index (χ3v) is 2.26. The maximum Gasteiger partial charge on any atom is 0.0533 e. The highest BCUT2D eigenvalue weighted by Crippen LogP contribution is 2.09. The quantitative estimate of drug-likeness (QED) is 0.650. The first-order valence-electron chi connectivity index (χ1n) is 2.73. The zero-order valence-electron chi connectivity index (χ0n) is 5.37. The second kappa shape index (κ2) is 3.96. The molecule has 0 saturated carbocycles. The highest BCUT2D eigenvalue weighted by molar-refractivity contribution is 9.09. The summed E-state index contributed by atoms with van der Waals surface area (Å²) < 4.78 is 0. The van der Waals surface area contributed by atoms with Crippen molar-refractivity contribution >= 4 is 15.9 Å². The Kier molecular flexibility index (Phi) is 3.97. The van der Waals surface area contributed by atoms with E-state index in [1.54, 1.807) is 0 Å². The molecule has 0 fully saturated rings. The second-order valence-corrected chi connectivity index (χ2v) is 2.76. The Morgan fingerprint density at radius 3 is 2.50 bits per heavy atom. The Bertz CT molecular complexity index is 80.6. The van der Waals surface area contributed by atoms with Crippen LogP contribution in [-0.2, 0) is 0 Å². The van der Waals surface area contributed by atoms with Crippen molar-refractivity contribution in [2.24, 2.45) is 0 Å². The number of nitrogens with one attached hydrogen (secondary N) is 1. The molecule has 0 bridgehead atoms. The van der Waals surface area contributed by atoms with E-state index in [1.807, 2.05) is 7.05 Å². The van der Waals surface area contributed by atoms with Crippen LogP contribution in [0.4, 0.5) is 0 Å². The Hall–Kier alpha value is 0.0200. The second-order valence-electron chi connectivity index (χ2n) is 1.65. The lowest BCUT2D eigenvalue weighted by Crippen LogP contribution is -2.13. The summed E-state index contributed by atoms with van der Waals surface area (Å²) in [6.45, 7) is 5.90.